The molecule has 23 heavy (non-hydrogen) atoms. The predicted octanol–water partition coefficient (Wildman–Crippen LogP) is 1.68. The fraction of sp³-hybridized carbons (Fsp3) is 0.500. The van der Waals surface area contributed by atoms with Crippen LogP contribution in [0, 0.1) is 19.8 Å². The van der Waals surface area contributed by atoms with Crippen LogP contribution in [0.2, 0.25) is 0 Å². The minimum Gasteiger partial charge on any atom is -0.340 e. The molecule has 0 saturated carbocycles. The quantitative estimate of drug-likeness (QED) is 0.933. The fourth-order valence-corrected chi connectivity index (χ4v) is 2.95. The summed E-state index contributed by atoms with van der Waals surface area (Å²) in [6.45, 7) is 5.47. The number of anilines is 2. The molecule has 7 nitrogen and oxygen atoms in total. The summed E-state index contributed by atoms with van der Waals surface area (Å²) < 4.78 is 1.67. The predicted molar refractivity (Wildman–Crippen MR) is 88.3 cm³/mol. The number of aromatic nitrogens is 4. The van der Waals surface area contributed by atoms with Crippen molar-refractivity contribution < 1.29 is 4.79 Å². The van der Waals surface area contributed by atoms with E-state index in [9.17, 15) is 4.79 Å². The molecule has 1 aliphatic rings. The number of nitrogens with one attached hydrogen (secondary N) is 1. The van der Waals surface area contributed by atoms with Gasteiger partial charge in [0.05, 0.1) is 17.8 Å². The van der Waals surface area contributed by atoms with Crippen LogP contribution >= 0.6 is 0 Å². The van der Waals surface area contributed by atoms with Crippen LogP contribution in [0.25, 0.3) is 0 Å². The Morgan fingerprint density at radius 3 is 2.70 bits per heavy atom. The van der Waals surface area contributed by atoms with E-state index in [1.54, 1.807) is 17.1 Å². The fourth-order valence-electron chi connectivity index (χ4n) is 2.95. The summed E-state index contributed by atoms with van der Waals surface area (Å²) in [7, 11) is 1.83. The lowest BCUT2D eigenvalue weighted by Crippen LogP contribution is -2.41. The molecule has 0 radical (unpaired) electrons. The number of carbonyl (C=O) groups excluding carboxylic acids is 1. The Labute approximate surface area is 135 Å². The monoisotopic (exact) mass is 314 g/mol. The van der Waals surface area contributed by atoms with Crippen molar-refractivity contribution in [2.75, 3.05) is 23.3 Å². The Morgan fingerprint density at radius 2 is 2.04 bits per heavy atom. The van der Waals surface area contributed by atoms with Gasteiger partial charge in [-0.3, -0.25) is 9.48 Å². The zero-order valence-corrected chi connectivity index (χ0v) is 13.8. The van der Waals surface area contributed by atoms with E-state index in [2.05, 4.69) is 25.3 Å². The first-order valence-electron chi connectivity index (χ1n) is 7.88. The average Bonchev–Trinajstić information content (AvgIpc) is 2.91. The molecule has 1 amide bonds. The third kappa shape index (κ3) is 3.67. The summed E-state index contributed by atoms with van der Waals surface area (Å²) in [6.07, 6.45) is 5.30. The van der Waals surface area contributed by atoms with E-state index in [0.29, 0.717) is 6.54 Å². The number of aryl methyl sites for hydroxylation is 3. The second-order valence-corrected chi connectivity index (χ2v) is 6.13. The number of amides is 1. The third-order valence-electron chi connectivity index (χ3n) is 4.02. The van der Waals surface area contributed by atoms with Crippen molar-refractivity contribution in [1.29, 1.82) is 0 Å². The van der Waals surface area contributed by atoms with E-state index in [-0.39, 0.29) is 11.8 Å². The number of nitrogens with zero attached hydrogens (tertiary/aromatic N) is 5. The molecule has 1 atom stereocenters. The lowest BCUT2D eigenvalue weighted by Gasteiger charge is -2.32. The number of carbonyl (C=O) groups is 1. The number of hydrogen-bond donors (Lipinski definition) is 1. The van der Waals surface area contributed by atoms with Gasteiger partial charge >= 0.3 is 0 Å². The minimum absolute atomic E-state index is 0.0343. The Bertz CT molecular complexity index is 690. The second-order valence-electron chi connectivity index (χ2n) is 6.13. The van der Waals surface area contributed by atoms with Gasteiger partial charge in [0, 0.05) is 37.7 Å². The molecule has 1 N–H and O–H groups in total. The lowest BCUT2D eigenvalue weighted by atomic mass is 9.97. The molecule has 1 aliphatic heterocycles. The standard InChI is InChI=1S/C16H22N6O/c1-11-7-12(2)19-16(18-11)22-6-4-5-13(9-22)15(23)20-14-8-17-21(3)10-14/h7-8,10,13H,4-6,9H2,1-3H3,(H,20,23)/t13-/m0/s1. The molecule has 0 bridgehead atoms. The first-order valence-corrected chi connectivity index (χ1v) is 7.88. The van der Waals surface area contributed by atoms with Gasteiger partial charge in [0.2, 0.25) is 11.9 Å². The third-order valence-corrected chi connectivity index (χ3v) is 4.02. The van der Waals surface area contributed by atoms with Crippen LogP contribution in [0.3, 0.4) is 0 Å². The first-order chi connectivity index (χ1) is 11.0. The highest BCUT2D eigenvalue weighted by atomic mass is 16.1. The van der Waals surface area contributed by atoms with Gasteiger partial charge in [-0.25, -0.2) is 9.97 Å². The van der Waals surface area contributed by atoms with Gasteiger partial charge in [-0.1, -0.05) is 0 Å². The van der Waals surface area contributed by atoms with Crippen LogP contribution in [0.15, 0.2) is 18.5 Å². The second kappa shape index (κ2) is 6.36. The molecule has 3 heterocycles. The Kier molecular flexibility index (Phi) is 4.27. The number of rotatable bonds is 3. The van der Waals surface area contributed by atoms with E-state index in [0.717, 1.165) is 42.4 Å². The topological polar surface area (TPSA) is 75.9 Å². The summed E-state index contributed by atoms with van der Waals surface area (Å²) in [5.74, 6) is 0.696. The molecule has 7 heteroatoms. The zero-order valence-electron chi connectivity index (χ0n) is 13.8. The average molecular weight is 314 g/mol. The van der Waals surface area contributed by atoms with Gasteiger partial charge < -0.3 is 10.2 Å². The largest absolute Gasteiger partial charge is 0.340 e. The van der Waals surface area contributed by atoms with Gasteiger partial charge in [0.25, 0.3) is 0 Å². The maximum absolute atomic E-state index is 12.5. The summed E-state index contributed by atoms with van der Waals surface area (Å²) in [4.78, 5) is 23.6. The number of hydrogen-bond acceptors (Lipinski definition) is 5. The van der Waals surface area contributed by atoms with E-state index in [4.69, 9.17) is 0 Å². The molecular weight excluding hydrogens is 292 g/mol. The minimum atomic E-state index is -0.0617. The van der Waals surface area contributed by atoms with Crippen LogP contribution in [-0.2, 0) is 11.8 Å². The van der Waals surface area contributed by atoms with E-state index < -0.39 is 0 Å². The summed E-state index contributed by atoms with van der Waals surface area (Å²) in [5.41, 5.74) is 2.64. The summed E-state index contributed by atoms with van der Waals surface area (Å²) >= 11 is 0. The van der Waals surface area contributed by atoms with Crippen LogP contribution in [-0.4, -0.2) is 38.7 Å². The molecule has 0 unspecified atom stereocenters. The Morgan fingerprint density at radius 1 is 1.30 bits per heavy atom. The maximum atomic E-state index is 12.5. The van der Waals surface area contributed by atoms with Crippen molar-refractivity contribution in [3.63, 3.8) is 0 Å². The molecule has 2 aromatic heterocycles. The molecule has 2 aromatic rings. The normalized spacial score (nSPS) is 18.0. The van der Waals surface area contributed by atoms with Crippen molar-refractivity contribution in [1.82, 2.24) is 19.7 Å². The highest BCUT2D eigenvalue weighted by Crippen LogP contribution is 2.22. The van der Waals surface area contributed by atoms with Crippen molar-refractivity contribution in [2.24, 2.45) is 13.0 Å². The first kappa shape index (κ1) is 15.5. The highest BCUT2D eigenvalue weighted by Gasteiger charge is 2.27. The molecule has 1 saturated heterocycles. The van der Waals surface area contributed by atoms with Gasteiger partial charge in [-0.05, 0) is 32.8 Å². The smallest absolute Gasteiger partial charge is 0.229 e. The molecule has 1 fully saturated rings. The Hall–Kier alpha value is -2.44. The van der Waals surface area contributed by atoms with Gasteiger partial charge in [0.15, 0.2) is 0 Å². The SMILES string of the molecule is Cc1cc(C)nc(N2CCC[C@H](C(=O)Nc3cnn(C)c3)C2)n1. The maximum Gasteiger partial charge on any atom is 0.229 e. The molecule has 0 aromatic carbocycles. The molecule has 3 rings (SSSR count). The Balaban J connectivity index is 1.69. The lowest BCUT2D eigenvalue weighted by molar-refractivity contribution is -0.120. The van der Waals surface area contributed by atoms with Crippen LogP contribution in [0.5, 0.6) is 0 Å². The van der Waals surface area contributed by atoms with Crippen molar-refractivity contribution in [3.8, 4) is 0 Å². The van der Waals surface area contributed by atoms with E-state index in [1.165, 1.54) is 0 Å². The van der Waals surface area contributed by atoms with Crippen LogP contribution < -0.4 is 10.2 Å². The summed E-state index contributed by atoms with van der Waals surface area (Å²) in [5, 5.41) is 7.01. The van der Waals surface area contributed by atoms with Crippen LogP contribution in [0.1, 0.15) is 24.2 Å². The van der Waals surface area contributed by atoms with E-state index in [1.807, 2.05) is 27.0 Å². The van der Waals surface area contributed by atoms with Gasteiger partial charge in [-0.2, -0.15) is 5.10 Å². The highest BCUT2D eigenvalue weighted by molar-refractivity contribution is 5.92. The molecule has 0 spiro atoms. The van der Waals surface area contributed by atoms with E-state index >= 15 is 0 Å². The molecular formula is C16H22N6O. The van der Waals surface area contributed by atoms with Crippen molar-refractivity contribution >= 4 is 17.5 Å². The summed E-state index contributed by atoms with van der Waals surface area (Å²) in [6, 6.07) is 1.96. The molecule has 0 aliphatic carbocycles. The molecule has 122 valence electrons. The zero-order chi connectivity index (χ0) is 16.4. The van der Waals surface area contributed by atoms with Crippen molar-refractivity contribution in [3.05, 3.63) is 29.8 Å². The van der Waals surface area contributed by atoms with Gasteiger partial charge in [-0.15, -0.1) is 0 Å². The number of piperidine rings is 1. The van der Waals surface area contributed by atoms with Crippen LogP contribution in [0.4, 0.5) is 11.6 Å². The van der Waals surface area contributed by atoms with Gasteiger partial charge in [0.1, 0.15) is 0 Å². The van der Waals surface area contributed by atoms with Crippen molar-refractivity contribution in [2.45, 2.75) is 26.7 Å².